The number of rotatable bonds is 3. The van der Waals surface area contributed by atoms with Crippen molar-refractivity contribution >= 4 is 10.1 Å². The Morgan fingerprint density at radius 1 is 1.43 bits per heavy atom. The monoisotopic (exact) mass is 219 g/mol. The normalized spacial score (nSPS) is 11.2. The van der Waals surface area contributed by atoms with E-state index in [2.05, 4.69) is 10.9 Å². The van der Waals surface area contributed by atoms with Gasteiger partial charge in [0.25, 0.3) is 0 Å². The summed E-state index contributed by atoms with van der Waals surface area (Å²) in [6, 6.07) is 2.17. The van der Waals surface area contributed by atoms with E-state index in [0.717, 1.165) is 12.1 Å². The fourth-order valence-electron chi connectivity index (χ4n) is 0.640. The van der Waals surface area contributed by atoms with Crippen LogP contribution in [-0.2, 0) is 10.1 Å². The third-order valence-electron chi connectivity index (χ3n) is 1.40. The van der Waals surface area contributed by atoms with Gasteiger partial charge in [-0.25, -0.2) is 0 Å². The highest BCUT2D eigenvalue weighted by atomic mass is 32.2. The van der Waals surface area contributed by atoms with Gasteiger partial charge in [-0.15, -0.1) is 0 Å². The minimum Gasteiger partial charge on any atom is -0.492 e. The van der Waals surface area contributed by atoms with Crippen molar-refractivity contribution in [2.75, 3.05) is 0 Å². The van der Waals surface area contributed by atoms with Crippen molar-refractivity contribution in [3.8, 4) is 11.8 Å². The van der Waals surface area contributed by atoms with Crippen LogP contribution in [0.3, 0.4) is 0 Å². The van der Waals surface area contributed by atoms with Gasteiger partial charge in [-0.05, 0) is 6.92 Å². The zero-order chi connectivity index (χ0) is 10.9. The third kappa shape index (κ3) is 1.82. The molecule has 1 rings (SSSR count). The summed E-state index contributed by atoms with van der Waals surface area (Å²) in [5.41, 5.74) is 0. The van der Waals surface area contributed by atoms with Crippen molar-refractivity contribution in [2.45, 2.75) is 6.92 Å². The SMILES string of the molecule is C=C(C)S(=O)(=O)On1c(O)ccc1O. The van der Waals surface area contributed by atoms with Crippen LogP contribution in [0.4, 0.5) is 0 Å². The molecular weight excluding hydrogens is 210 g/mol. The lowest BCUT2D eigenvalue weighted by Crippen LogP contribution is -2.19. The molecule has 78 valence electrons. The van der Waals surface area contributed by atoms with Crippen molar-refractivity contribution in [2.24, 2.45) is 0 Å². The molecule has 0 fully saturated rings. The Bertz CT molecular complexity index is 439. The van der Waals surface area contributed by atoms with E-state index in [9.17, 15) is 8.42 Å². The minimum absolute atomic E-state index is 0.231. The van der Waals surface area contributed by atoms with Gasteiger partial charge in [-0.3, -0.25) is 4.28 Å². The average Bonchev–Trinajstić information content (AvgIpc) is 2.35. The van der Waals surface area contributed by atoms with Crippen LogP contribution in [0.25, 0.3) is 0 Å². The zero-order valence-corrected chi connectivity index (χ0v) is 8.15. The number of hydrogen-bond donors (Lipinski definition) is 2. The molecule has 14 heavy (non-hydrogen) atoms. The number of aromatic nitrogens is 1. The van der Waals surface area contributed by atoms with Crippen LogP contribution < -0.4 is 4.28 Å². The van der Waals surface area contributed by atoms with E-state index in [1.165, 1.54) is 6.92 Å². The molecule has 0 aliphatic carbocycles. The standard InChI is InChI=1S/C7H9NO5S/c1-5(2)14(11,12)13-8-6(9)3-4-7(8)10/h3-4,9-10H,1H2,2H3. The van der Waals surface area contributed by atoms with Gasteiger partial charge in [0.15, 0.2) is 0 Å². The smallest absolute Gasteiger partial charge is 0.352 e. The lowest BCUT2D eigenvalue weighted by Gasteiger charge is -2.07. The Morgan fingerprint density at radius 2 is 1.86 bits per heavy atom. The van der Waals surface area contributed by atoms with Crippen LogP contribution in [0, 0.1) is 0 Å². The highest BCUT2D eigenvalue weighted by Gasteiger charge is 2.18. The topological polar surface area (TPSA) is 88.8 Å². The van der Waals surface area contributed by atoms with Gasteiger partial charge in [0, 0.05) is 12.1 Å². The van der Waals surface area contributed by atoms with Crippen LogP contribution in [0.2, 0.25) is 0 Å². The summed E-state index contributed by atoms with van der Waals surface area (Å²) in [5, 5.41) is 18.1. The van der Waals surface area contributed by atoms with E-state index in [4.69, 9.17) is 10.2 Å². The van der Waals surface area contributed by atoms with Crippen molar-refractivity contribution in [3.05, 3.63) is 23.6 Å². The number of aromatic hydroxyl groups is 2. The number of nitrogens with zero attached hydrogens (tertiary/aromatic N) is 1. The lowest BCUT2D eigenvalue weighted by molar-refractivity contribution is 0.205. The summed E-state index contributed by atoms with van der Waals surface area (Å²) in [6.45, 7) is 4.41. The molecule has 0 spiro atoms. The second kappa shape index (κ2) is 3.26. The van der Waals surface area contributed by atoms with Gasteiger partial charge in [-0.1, -0.05) is 11.3 Å². The second-order valence-corrected chi connectivity index (χ2v) is 4.33. The molecule has 0 aliphatic heterocycles. The summed E-state index contributed by atoms with van der Waals surface area (Å²) < 4.78 is 27.0. The third-order valence-corrected chi connectivity index (χ3v) is 2.60. The molecule has 0 unspecified atom stereocenters. The van der Waals surface area contributed by atoms with Crippen LogP contribution in [0.15, 0.2) is 23.6 Å². The summed E-state index contributed by atoms with van der Waals surface area (Å²) in [7, 11) is -4.02. The van der Waals surface area contributed by atoms with E-state index in [0.29, 0.717) is 4.73 Å². The largest absolute Gasteiger partial charge is 0.492 e. The fraction of sp³-hybridized carbons (Fsp3) is 0.143. The molecule has 0 saturated carbocycles. The summed E-state index contributed by atoms with van der Waals surface area (Å²) in [4.78, 5) is -0.231. The molecule has 0 aromatic carbocycles. The van der Waals surface area contributed by atoms with E-state index < -0.39 is 21.9 Å². The molecule has 0 bridgehead atoms. The number of hydrogen-bond acceptors (Lipinski definition) is 5. The molecule has 0 aliphatic rings. The van der Waals surface area contributed by atoms with Crippen LogP contribution >= 0.6 is 0 Å². The molecule has 1 aromatic heterocycles. The first-order chi connectivity index (χ1) is 6.34. The molecule has 2 N–H and O–H groups in total. The minimum atomic E-state index is -4.02. The van der Waals surface area contributed by atoms with Crippen molar-refractivity contribution in [1.29, 1.82) is 0 Å². The van der Waals surface area contributed by atoms with E-state index >= 15 is 0 Å². The molecule has 1 aromatic rings. The maximum Gasteiger partial charge on any atom is 0.352 e. The molecule has 7 heteroatoms. The first-order valence-corrected chi connectivity index (χ1v) is 4.95. The maximum atomic E-state index is 11.1. The average molecular weight is 219 g/mol. The maximum absolute atomic E-state index is 11.1. The van der Waals surface area contributed by atoms with Crippen molar-refractivity contribution in [1.82, 2.24) is 4.73 Å². The van der Waals surface area contributed by atoms with E-state index in [-0.39, 0.29) is 4.91 Å². The Labute approximate surface area is 80.7 Å². The molecule has 6 nitrogen and oxygen atoms in total. The Morgan fingerprint density at radius 3 is 2.21 bits per heavy atom. The van der Waals surface area contributed by atoms with Gasteiger partial charge < -0.3 is 10.2 Å². The van der Waals surface area contributed by atoms with Gasteiger partial charge in [0.1, 0.15) is 0 Å². The fourth-order valence-corrected chi connectivity index (χ4v) is 1.12. The molecule has 0 amide bonds. The van der Waals surface area contributed by atoms with Gasteiger partial charge >= 0.3 is 10.1 Å². The summed E-state index contributed by atoms with van der Waals surface area (Å²) in [5.74, 6) is -1.04. The van der Waals surface area contributed by atoms with Gasteiger partial charge in [0.2, 0.25) is 11.8 Å². The van der Waals surface area contributed by atoms with Crippen molar-refractivity contribution in [3.63, 3.8) is 0 Å². The zero-order valence-electron chi connectivity index (χ0n) is 7.34. The van der Waals surface area contributed by atoms with Gasteiger partial charge in [0.05, 0.1) is 4.91 Å². The van der Waals surface area contributed by atoms with E-state index in [1.54, 1.807) is 0 Å². The molecule has 0 saturated heterocycles. The van der Waals surface area contributed by atoms with Crippen molar-refractivity contribution < 1.29 is 22.9 Å². The Hall–Kier alpha value is -1.63. The highest BCUT2D eigenvalue weighted by Crippen LogP contribution is 2.20. The first-order valence-electron chi connectivity index (χ1n) is 3.55. The Kier molecular flexibility index (Phi) is 2.43. The highest BCUT2D eigenvalue weighted by molar-refractivity contribution is 7.90. The summed E-state index contributed by atoms with van der Waals surface area (Å²) >= 11 is 0. The van der Waals surface area contributed by atoms with Crippen LogP contribution in [0.5, 0.6) is 11.8 Å². The predicted molar refractivity (Wildman–Crippen MR) is 48.1 cm³/mol. The van der Waals surface area contributed by atoms with Crippen LogP contribution in [0.1, 0.15) is 6.92 Å². The molecule has 0 radical (unpaired) electrons. The van der Waals surface area contributed by atoms with E-state index in [1.807, 2.05) is 0 Å². The number of allylic oxidation sites excluding steroid dienone is 1. The van der Waals surface area contributed by atoms with Crippen LogP contribution in [-0.4, -0.2) is 23.4 Å². The predicted octanol–water partition coefficient (Wildman–Crippen LogP) is 0.191. The first kappa shape index (κ1) is 10.5. The molecule has 1 heterocycles. The lowest BCUT2D eigenvalue weighted by atomic mass is 10.6. The van der Waals surface area contributed by atoms with Gasteiger partial charge in [-0.2, -0.15) is 8.42 Å². The quantitative estimate of drug-likeness (QED) is 0.757. The molecular formula is C7H9NO5S. The Balaban J connectivity index is 3.07. The second-order valence-electron chi connectivity index (χ2n) is 2.57. The summed E-state index contributed by atoms with van der Waals surface area (Å²) in [6.07, 6.45) is 0. The molecule has 0 atom stereocenters.